The van der Waals surface area contributed by atoms with Gasteiger partial charge in [-0.05, 0) is 38.0 Å². The smallest absolute Gasteiger partial charge is 0.273 e. The molecule has 1 aliphatic heterocycles. The second-order valence-electron chi connectivity index (χ2n) is 6.60. The summed E-state index contributed by atoms with van der Waals surface area (Å²) in [6, 6.07) is 9.98. The van der Waals surface area contributed by atoms with Crippen molar-refractivity contribution >= 4 is 27.3 Å². The normalized spacial score (nSPS) is 19.4. The van der Waals surface area contributed by atoms with Gasteiger partial charge in [-0.3, -0.25) is 19.2 Å². The first-order chi connectivity index (χ1) is 12.6. The van der Waals surface area contributed by atoms with E-state index in [0.29, 0.717) is 16.8 Å². The standard InChI is InChI=1S/C18H19N3O5S/c1-11-7-8-13(10-17(11)21(23)24)27(25,26)20-12(2)9-15(18(19)22)14-5-3-4-6-16(14)20/h3-8,10,12,15H,9H2,1-2H3,(H2,19,22). The first-order valence-electron chi connectivity index (χ1n) is 8.32. The minimum Gasteiger partial charge on any atom is -0.369 e. The predicted octanol–water partition coefficient (Wildman–Crippen LogP) is 2.46. The van der Waals surface area contributed by atoms with Gasteiger partial charge in [0.1, 0.15) is 0 Å². The van der Waals surface area contributed by atoms with E-state index in [1.54, 1.807) is 38.1 Å². The zero-order valence-electron chi connectivity index (χ0n) is 14.8. The topological polar surface area (TPSA) is 124 Å². The molecule has 0 aliphatic carbocycles. The number of para-hydroxylation sites is 1. The number of carbonyl (C=O) groups excluding carboxylic acids is 1. The lowest BCUT2D eigenvalue weighted by molar-refractivity contribution is -0.385. The van der Waals surface area contributed by atoms with Crippen LogP contribution >= 0.6 is 0 Å². The molecule has 8 nitrogen and oxygen atoms in total. The van der Waals surface area contributed by atoms with E-state index in [2.05, 4.69) is 0 Å². The summed E-state index contributed by atoms with van der Waals surface area (Å²) in [6.45, 7) is 3.23. The van der Waals surface area contributed by atoms with Gasteiger partial charge < -0.3 is 5.73 Å². The van der Waals surface area contributed by atoms with Gasteiger partial charge in [-0.1, -0.05) is 24.3 Å². The Morgan fingerprint density at radius 1 is 1.26 bits per heavy atom. The highest BCUT2D eigenvalue weighted by Crippen LogP contribution is 2.41. The molecule has 0 radical (unpaired) electrons. The van der Waals surface area contributed by atoms with Crippen LogP contribution in [-0.2, 0) is 14.8 Å². The number of nitrogens with zero attached hydrogens (tertiary/aromatic N) is 2. The van der Waals surface area contributed by atoms with E-state index in [1.165, 1.54) is 16.4 Å². The van der Waals surface area contributed by atoms with E-state index in [0.717, 1.165) is 6.07 Å². The van der Waals surface area contributed by atoms with Crippen molar-refractivity contribution in [3.05, 3.63) is 63.7 Å². The Morgan fingerprint density at radius 3 is 2.56 bits per heavy atom. The predicted molar refractivity (Wildman–Crippen MR) is 100.0 cm³/mol. The van der Waals surface area contributed by atoms with Gasteiger partial charge >= 0.3 is 0 Å². The van der Waals surface area contributed by atoms with Crippen LogP contribution in [0.5, 0.6) is 0 Å². The number of anilines is 1. The zero-order valence-corrected chi connectivity index (χ0v) is 15.6. The fourth-order valence-corrected chi connectivity index (χ4v) is 5.19. The minimum atomic E-state index is -4.07. The first-order valence-corrected chi connectivity index (χ1v) is 9.76. The van der Waals surface area contributed by atoms with Crippen molar-refractivity contribution in [2.24, 2.45) is 5.73 Å². The molecular formula is C18H19N3O5S. The lowest BCUT2D eigenvalue weighted by Crippen LogP contribution is -2.45. The number of rotatable bonds is 4. The van der Waals surface area contributed by atoms with Gasteiger partial charge in [0, 0.05) is 17.7 Å². The summed E-state index contributed by atoms with van der Waals surface area (Å²) in [5, 5.41) is 11.2. The maximum atomic E-state index is 13.3. The van der Waals surface area contributed by atoms with Crippen LogP contribution in [0.3, 0.4) is 0 Å². The maximum absolute atomic E-state index is 13.3. The van der Waals surface area contributed by atoms with Crippen LogP contribution in [0, 0.1) is 17.0 Å². The van der Waals surface area contributed by atoms with E-state index >= 15 is 0 Å². The second kappa shape index (κ2) is 6.66. The quantitative estimate of drug-likeness (QED) is 0.635. The maximum Gasteiger partial charge on any atom is 0.273 e. The molecule has 0 fully saturated rings. The Bertz CT molecular complexity index is 1040. The van der Waals surface area contributed by atoms with E-state index < -0.39 is 32.8 Å². The molecule has 2 aromatic carbocycles. The number of nitro groups is 1. The molecule has 0 aromatic heterocycles. The number of hydrogen-bond donors (Lipinski definition) is 1. The molecule has 142 valence electrons. The van der Waals surface area contributed by atoms with Crippen LogP contribution in [-0.4, -0.2) is 25.3 Å². The lowest BCUT2D eigenvalue weighted by atomic mass is 9.87. The van der Waals surface area contributed by atoms with Crippen molar-refractivity contribution in [2.75, 3.05) is 4.31 Å². The summed E-state index contributed by atoms with van der Waals surface area (Å²) in [5.41, 5.74) is 6.51. The molecule has 1 heterocycles. The second-order valence-corrected chi connectivity index (χ2v) is 8.42. The molecule has 0 saturated heterocycles. The summed E-state index contributed by atoms with van der Waals surface area (Å²) in [7, 11) is -4.07. The molecule has 2 atom stereocenters. The number of amides is 1. The molecule has 0 saturated carbocycles. The highest BCUT2D eigenvalue weighted by molar-refractivity contribution is 7.92. The third-order valence-corrected chi connectivity index (χ3v) is 6.73. The van der Waals surface area contributed by atoms with Crippen molar-refractivity contribution in [2.45, 2.75) is 37.1 Å². The molecule has 1 aliphatic rings. The van der Waals surface area contributed by atoms with E-state index in [1.807, 2.05) is 0 Å². The number of primary amides is 1. The molecule has 0 bridgehead atoms. The van der Waals surface area contributed by atoms with Crippen molar-refractivity contribution in [3.63, 3.8) is 0 Å². The highest BCUT2D eigenvalue weighted by atomic mass is 32.2. The van der Waals surface area contributed by atoms with Gasteiger partial charge in [0.15, 0.2) is 0 Å². The van der Waals surface area contributed by atoms with Gasteiger partial charge in [0.05, 0.1) is 21.4 Å². The number of fused-ring (bicyclic) bond motifs is 1. The first kappa shape index (κ1) is 18.8. The molecule has 2 N–H and O–H groups in total. The van der Waals surface area contributed by atoms with Gasteiger partial charge in [-0.2, -0.15) is 0 Å². The summed E-state index contributed by atoms with van der Waals surface area (Å²) in [5.74, 6) is -1.10. The molecular weight excluding hydrogens is 370 g/mol. The average Bonchev–Trinajstić information content (AvgIpc) is 2.60. The number of hydrogen-bond acceptors (Lipinski definition) is 5. The summed E-state index contributed by atoms with van der Waals surface area (Å²) in [4.78, 5) is 22.3. The largest absolute Gasteiger partial charge is 0.369 e. The van der Waals surface area contributed by atoms with Gasteiger partial charge in [-0.25, -0.2) is 8.42 Å². The Hall–Kier alpha value is -2.94. The van der Waals surface area contributed by atoms with Gasteiger partial charge in [0.25, 0.3) is 15.7 Å². The molecule has 9 heteroatoms. The number of carbonyl (C=O) groups is 1. The molecule has 3 rings (SSSR count). The summed E-state index contributed by atoms with van der Waals surface area (Å²) in [6.07, 6.45) is 0.236. The van der Waals surface area contributed by atoms with Crippen molar-refractivity contribution in [1.29, 1.82) is 0 Å². The molecule has 27 heavy (non-hydrogen) atoms. The molecule has 2 unspecified atom stereocenters. The molecule has 1 amide bonds. The van der Waals surface area contributed by atoms with Crippen LogP contribution in [0.15, 0.2) is 47.4 Å². The van der Waals surface area contributed by atoms with Gasteiger partial charge in [-0.15, -0.1) is 0 Å². The summed E-state index contributed by atoms with van der Waals surface area (Å²) < 4.78 is 27.8. The zero-order chi connectivity index (χ0) is 19.9. The number of nitro benzene ring substituents is 1. The van der Waals surface area contributed by atoms with Crippen LogP contribution in [0.2, 0.25) is 0 Å². The molecule has 2 aromatic rings. The third-order valence-electron chi connectivity index (χ3n) is 4.80. The Labute approximate surface area is 156 Å². The fourth-order valence-electron chi connectivity index (χ4n) is 3.48. The molecule has 0 spiro atoms. The fraction of sp³-hybridized carbons (Fsp3) is 0.278. The van der Waals surface area contributed by atoms with Crippen LogP contribution in [0.25, 0.3) is 0 Å². The number of benzene rings is 2. The number of nitrogens with two attached hydrogens (primary N) is 1. The number of sulfonamides is 1. The third kappa shape index (κ3) is 3.14. The SMILES string of the molecule is Cc1ccc(S(=O)(=O)N2c3ccccc3C(C(N)=O)CC2C)cc1[N+](=O)[O-]. The van der Waals surface area contributed by atoms with Crippen molar-refractivity contribution in [1.82, 2.24) is 0 Å². The van der Waals surface area contributed by atoms with E-state index in [-0.39, 0.29) is 17.0 Å². The van der Waals surface area contributed by atoms with Gasteiger partial charge in [0.2, 0.25) is 5.91 Å². The van der Waals surface area contributed by atoms with E-state index in [4.69, 9.17) is 5.73 Å². The van der Waals surface area contributed by atoms with Crippen LogP contribution < -0.4 is 10.0 Å². The number of aryl methyl sites for hydroxylation is 1. The van der Waals surface area contributed by atoms with Crippen molar-refractivity contribution in [3.8, 4) is 0 Å². The van der Waals surface area contributed by atoms with E-state index in [9.17, 15) is 23.3 Å². The monoisotopic (exact) mass is 389 g/mol. The Morgan fingerprint density at radius 2 is 1.93 bits per heavy atom. The van der Waals surface area contributed by atoms with Crippen LogP contribution in [0.4, 0.5) is 11.4 Å². The Balaban J connectivity index is 2.17. The highest BCUT2D eigenvalue weighted by Gasteiger charge is 2.39. The van der Waals surface area contributed by atoms with Crippen LogP contribution in [0.1, 0.15) is 30.4 Å². The lowest BCUT2D eigenvalue weighted by Gasteiger charge is -2.38. The Kier molecular flexibility index (Phi) is 4.64. The average molecular weight is 389 g/mol. The minimum absolute atomic E-state index is 0.168. The summed E-state index contributed by atoms with van der Waals surface area (Å²) >= 11 is 0. The van der Waals surface area contributed by atoms with Crippen molar-refractivity contribution < 1.29 is 18.1 Å².